The van der Waals surface area contributed by atoms with Crippen molar-refractivity contribution in [3.05, 3.63) is 35.4 Å². The number of aliphatic hydroxyl groups excluding tert-OH is 2. The number of hydrogen-bond donors (Lipinski definition) is 2. The lowest BCUT2D eigenvalue weighted by Crippen LogP contribution is -2.17. The summed E-state index contributed by atoms with van der Waals surface area (Å²) in [6.07, 6.45) is 9.66. The summed E-state index contributed by atoms with van der Waals surface area (Å²) < 4.78 is 11.7. The first-order valence-corrected chi connectivity index (χ1v) is 12.3. The van der Waals surface area contributed by atoms with Crippen LogP contribution in [0.2, 0.25) is 5.02 Å². The minimum absolute atomic E-state index is 0.230. The van der Waals surface area contributed by atoms with Crippen molar-refractivity contribution in [2.75, 3.05) is 13.2 Å². The van der Waals surface area contributed by atoms with Gasteiger partial charge in [0.15, 0.2) is 0 Å². The summed E-state index contributed by atoms with van der Waals surface area (Å²) in [5.74, 6) is 1.30. The van der Waals surface area contributed by atoms with E-state index in [0.29, 0.717) is 23.1 Å². The zero-order valence-corrected chi connectivity index (χ0v) is 19.9. The molecule has 0 aliphatic rings. The van der Waals surface area contributed by atoms with E-state index >= 15 is 0 Å². The molecule has 4 nitrogen and oxygen atoms in total. The van der Waals surface area contributed by atoms with Gasteiger partial charge >= 0.3 is 0 Å². The average molecular weight is 451 g/mol. The van der Waals surface area contributed by atoms with Gasteiger partial charge in [-0.15, -0.1) is 0 Å². The van der Waals surface area contributed by atoms with Gasteiger partial charge in [0, 0.05) is 5.39 Å². The average Bonchev–Trinajstić information content (AvgIpc) is 2.77. The van der Waals surface area contributed by atoms with Crippen molar-refractivity contribution < 1.29 is 19.7 Å². The second-order valence-corrected chi connectivity index (χ2v) is 8.79. The first-order chi connectivity index (χ1) is 15.0. The van der Waals surface area contributed by atoms with Gasteiger partial charge in [-0.1, -0.05) is 82.9 Å². The lowest BCUT2D eigenvalue weighted by atomic mass is 10.1. The number of fused-ring (bicyclic) bond motifs is 1. The lowest BCUT2D eigenvalue weighted by molar-refractivity contribution is 0.0975. The molecule has 0 aliphatic heterocycles. The van der Waals surface area contributed by atoms with Crippen LogP contribution in [-0.2, 0) is 0 Å². The van der Waals surface area contributed by atoms with E-state index in [0.717, 1.165) is 49.3 Å². The molecule has 0 aliphatic carbocycles. The molecule has 0 fully saturated rings. The van der Waals surface area contributed by atoms with Crippen LogP contribution >= 0.6 is 11.6 Å². The largest absolute Gasteiger partial charge is 0.491 e. The topological polar surface area (TPSA) is 58.9 Å². The van der Waals surface area contributed by atoms with Gasteiger partial charge in [0.2, 0.25) is 0 Å². The van der Waals surface area contributed by atoms with Crippen LogP contribution in [0.5, 0.6) is 11.5 Å². The lowest BCUT2D eigenvalue weighted by Gasteiger charge is -2.16. The van der Waals surface area contributed by atoms with Gasteiger partial charge in [0.25, 0.3) is 0 Å². The molecule has 5 heteroatoms. The number of ether oxygens (including phenoxy) is 2. The molecule has 0 spiro atoms. The van der Waals surface area contributed by atoms with Gasteiger partial charge in [0.05, 0.1) is 17.2 Å². The standard InChI is InChI=1S/C26H39ClO4/c1-3-5-7-9-11-21(28)18-30-23-14-15-24-20(17-23)13-16-25(27)26(24)31-19-22(29)12-10-8-6-4-2/h13-17,21-22,28-29H,3-12,18-19H2,1-2H3. The van der Waals surface area contributed by atoms with Crippen LogP contribution in [0.3, 0.4) is 0 Å². The monoisotopic (exact) mass is 450 g/mol. The zero-order valence-electron chi connectivity index (χ0n) is 19.1. The summed E-state index contributed by atoms with van der Waals surface area (Å²) in [4.78, 5) is 0. The minimum atomic E-state index is -0.496. The molecule has 0 radical (unpaired) electrons. The second-order valence-electron chi connectivity index (χ2n) is 8.39. The van der Waals surface area contributed by atoms with Crippen LogP contribution in [0.1, 0.15) is 78.1 Å². The SMILES string of the molecule is CCCCCCC(O)COc1ccc2c(OCC(O)CCCCCC)c(Cl)ccc2c1. The molecule has 2 unspecified atom stereocenters. The molecule has 2 atom stereocenters. The first-order valence-electron chi connectivity index (χ1n) is 11.9. The van der Waals surface area contributed by atoms with E-state index in [2.05, 4.69) is 13.8 Å². The number of rotatable bonds is 16. The normalized spacial score (nSPS) is 13.3. The van der Waals surface area contributed by atoms with Crippen LogP contribution < -0.4 is 9.47 Å². The summed E-state index contributed by atoms with van der Waals surface area (Å²) >= 11 is 6.37. The minimum Gasteiger partial charge on any atom is -0.491 e. The molecule has 31 heavy (non-hydrogen) atoms. The predicted molar refractivity (Wildman–Crippen MR) is 129 cm³/mol. The highest BCUT2D eigenvalue weighted by Gasteiger charge is 2.12. The maximum absolute atomic E-state index is 10.2. The second kappa shape index (κ2) is 14.5. The van der Waals surface area contributed by atoms with Crippen molar-refractivity contribution in [3.63, 3.8) is 0 Å². The Balaban J connectivity index is 1.91. The van der Waals surface area contributed by atoms with Crippen molar-refractivity contribution in [3.8, 4) is 11.5 Å². The van der Waals surface area contributed by atoms with Crippen molar-refractivity contribution in [1.82, 2.24) is 0 Å². The Kier molecular flexibility index (Phi) is 12.1. The predicted octanol–water partition coefficient (Wildman–Crippen LogP) is 6.91. The molecule has 2 N–H and O–H groups in total. The Hall–Kier alpha value is -1.49. The molecule has 0 heterocycles. The van der Waals surface area contributed by atoms with E-state index in [1.807, 2.05) is 24.3 Å². The van der Waals surface area contributed by atoms with Crippen LogP contribution in [0, 0.1) is 0 Å². The molecule has 0 aromatic heterocycles. The fourth-order valence-electron chi connectivity index (χ4n) is 3.64. The van der Waals surface area contributed by atoms with E-state index in [4.69, 9.17) is 21.1 Å². The highest BCUT2D eigenvalue weighted by atomic mass is 35.5. The van der Waals surface area contributed by atoms with E-state index < -0.39 is 12.2 Å². The number of halogens is 1. The van der Waals surface area contributed by atoms with Gasteiger partial charge in [-0.2, -0.15) is 0 Å². The van der Waals surface area contributed by atoms with E-state index in [1.54, 1.807) is 6.07 Å². The van der Waals surface area contributed by atoms with Gasteiger partial charge in [-0.3, -0.25) is 0 Å². The third-order valence-electron chi connectivity index (χ3n) is 5.54. The van der Waals surface area contributed by atoms with E-state index in [1.165, 1.54) is 25.7 Å². The smallest absolute Gasteiger partial charge is 0.145 e. The third kappa shape index (κ3) is 9.26. The Morgan fingerprint density at radius 3 is 2.00 bits per heavy atom. The molecule has 2 aromatic carbocycles. The fraction of sp³-hybridized carbons (Fsp3) is 0.615. The van der Waals surface area contributed by atoms with Crippen LogP contribution in [0.4, 0.5) is 0 Å². The Bertz CT molecular complexity index is 764. The summed E-state index contributed by atoms with van der Waals surface area (Å²) in [6.45, 7) is 4.88. The maximum Gasteiger partial charge on any atom is 0.145 e. The Morgan fingerprint density at radius 2 is 1.39 bits per heavy atom. The fourth-order valence-corrected chi connectivity index (χ4v) is 3.86. The number of unbranched alkanes of at least 4 members (excludes halogenated alkanes) is 6. The summed E-state index contributed by atoms with van der Waals surface area (Å²) in [6, 6.07) is 9.46. The van der Waals surface area contributed by atoms with Crippen molar-refractivity contribution >= 4 is 22.4 Å². The van der Waals surface area contributed by atoms with Crippen LogP contribution in [0.15, 0.2) is 30.3 Å². The van der Waals surface area contributed by atoms with Crippen molar-refractivity contribution in [2.24, 2.45) is 0 Å². The highest BCUT2D eigenvalue weighted by Crippen LogP contribution is 2.35. The van der Waals surface area contributed by atoms with Crippen molar-refractivity contribution in [1.29, 1.82) is 0 Å². The summed E-state index contributed by atoms with van der Waals surface area (Å²) in [5, 5.41) is 22.7. The molecule has 0 saturated carbocycles. The first kappa shape index (κ1) is 25.8. The van der Waals surface area contributed by atoms with E-state index in [9.17, 15) is 10.2 Å². The number of benzene rings is 2. The third-order valence-corrected chi connectivity index (χ3v) is 5.84. The highest BCUT2D eigenvalue weighted by molar-refractivity contribution is 6.33. The molecule has 2 rings (SSSR count). The van der Waals surface area contributed by atoms with Gasteiger partial charge in [0.1, 0.15) is 24.7 Å². The summed E-state index contributed by atoms with van der Waals surface area (Å²) in [5.41, 5.74) is 0. The van der Waals surface area contributed by atoms with Gasteiger partial charge in [-0.25, -0.2) is 0 Å². The molecule has 174 valence electrons. The molecule has 0 amide bonds. The Morgan fingerprint density at radius 1 is 0.774 bits per heavy atom. The number of aliphatic hydroxyl groups is 2. The molecular formula is C26H39ClO4. The van der Waals surface area contributed by atoms with Crippen LogP contribution in [0.25, 0.3) is 10.8 Å². The van der Waals surface area contributed by atoms with Crippen molar-refractivity contribution in [2.45, 2.75) is 90.3 Å². The molecule has 2 aromatic rings. The quantitative estimate of drug-likeness (QED) is 0.273. The zero-order chi connectivity index (χ0) is 22.5. The number of hydrogen-bond acceptors (Lipinski definition) is 4. The van der Waals surface area contributed by atoms with Gasteiger partial charge < -0.3 is 19.7 Å². The van der Waals surface area contributed by atoms with Gasteiger partial charge in [-0.05, 0) is 42.5 Å². The summed E-state index contributed by atoms with van der Waals surface area (Å²) in [7, 11) is 0. The van der Waals surface area contributed by atoms with Crippen LogP contribution in [-0.4, -0.2) is 35.6 Å². The maximum atomic E-state index is 10.2. The molecule has 0 saturated heterocycles. The Labute approximate surface area is 192 Å². The molecular weight excluding hydrogens is 412 g/mol. The molecule has 0 bridgehead atoms. The van der Waals surface area contributed by atoms with E-state index in [-0.39, 0.29) is 6.61 Å².